The second kappa shape index (κ2) is 6.71. The summed E-state index contributed by atoms with van der Waals surface area (Å²) < 4.78 is 19.2. The van der Waals surface area contributed by atoms with Crippen molar-refractivity contribution >= 4 is 34.1 Å². The van der Waals surface area contributed by atoms with E-state index in [2.05, 4.69) is 15.5 Å². The molecule has 0 saturated carbocycles. The van der Waals surface area contributed by atoms with Crippen LogP contribution in [0.2, 0.25) is 0 Å². The van der Waals surface area contributed by atoms with E-state index in [-0.39, 0.29) is 17.5 Å². The number of anilines is 1. The Hall–Kier alpha value is -2.19. The van der Waals surface area contributed by atoms with Crippen molar-refractivity contribution in [2.75, 3.05) is 5.32 Å². The highest BCUT2D eigenvalue weighted by atomic mass is 32.2. The van der Waals surface area contributed by atoms with E-state index in [4.69, 9.17) is 4.42 Å². The van der Waals surface area contributed by atoms with Crippen LogP contribution in [0.3, 0.4) is 0 Å². The average Bonchev–Trinajstić information content (AvgIpc) is 3.18. The summed E-state index contributed by atoms with van der Waals surface area (Å²) in [5.74, 6) is 0.0291. The first kappa shape index (κ1) is 14.7. The molecule has 0 aliphatic carbocycles. The number of furan rings is 1. The summed E-state index contributed by atoms with van der Waals surface area (Å²) in [4.78, 5) is 11.8. The third-order valence-electron chi connectivity index (χ3n) is 2.68. The molecule has 2 aromatic heterocycles. The van der Waals surface area contributed by atoms with Gasteiger partial charge in [0.25, 0.3) is 5.91 Å². The van der Waals surface area contributed by atoms with Crippen LogP contribution in [0, 0.1) is 5.82 Å². The molecule has 5 nitrogen and oxygen atoms in total. The van der Waals surface area contributed by atoms with Gasteiger partial charge in [0.15, 0.2) is 10.1 Å². The molecule has 0 aliphatic heterocycles. The van der Waals surface area contributed by atoms with Gasteiger partial charge in [-0.2, -0.15) is 0 Å². The van der Waals surface area contributed by atoms with Gasteiger partial charge in [-0.15, -0.1) is 10.2 Å². The third kappa shape index (κ3) is 3.52. The first-order valence-electron chi connectivity index (χ1n) is 6.27. The van der Waals surface area contributed by atoms with Gasteiger partial charge in [0.1, 0.15) is 5.82 Å². The standard InChI is InChI=1S/C14H10FN3O2S2/c15-10-5-2-1-4-9(10)8-21-14-18-17-13(22-14)16-12(19)11-6-3-7-20-11/h1-7H,8H2,(H,16,17,19). The van der Waals surface area contributed by atoms with Gasteiger partial charge in [0, 0.05) is 5.75 Å². The van der Waals surface area contributed by atoms with E-state index < -0.39 is 0 Å². The van der Waals surface area contributed by atoms with E-state index in [1.807, 2.05) is 0 Å². The van der Waals surface area contributed by atoms with Gasteiger partial charge in [-0.3, -0.25) is 10.1 Å². The summed E-state index contributed by atoms with van der Waals surface area (Å²) in [6.07, 6.45) is 1.42. The second-order valence-corrected chi connectivity index (χ2v) is 6.38. The Morgan fingerprint density at radius 1 is 1.27 bits per heavy atom. The monoisotopic (exact) mass is 335 g/mol. The van der Waals surface area contributed by atoms with Gasteiger partial charge in [-0.1, -0.05) is 41.3 Å². The van der Waals surface area contributed by atoms with E-state index >= 15 is 0 Å². The first-order chi connectivity index (χ1) is 10.7. The highest BCUT2D eigenvalue weighted by molar-refractivity contribution is 8.00. The van der Waals surface area contributed by atoms with Crippen LogP contribution >= 0.6 is 23.1 Å². The molecule has 8 heteroatoms. The number of rotatable bonds is 5. The van der Waals surface area contributed by atoms with E-state index in [0.717, 1.165) is 0 Å². The number of hydrogen-bond donors (Lipinski definition) is 1. The molecule has 1 N–H and O–H groups in total. The molecule has 1 amide bonds. The number of carbonyl (C=O) groups excluding carboxylic acids is 1. The van der Waals surface area contributed by atoms with Crippen molar-refractivity contribution in [3.63, 3.8) is 0 Å². The van der Waals surface area contributed by atoms with Crippen LogP contribution in [0.1, 0.15) is 16.1 Å². The number of nitrogens with zero attached hydrogens (tertiary/aromatic N) is 2. The number of amides is 1. The van der Waals surface area contributed by atoms with Gasteiger partial charge >= 0.3 is 0 Å². The van der Waals surface area contributed by atoms with Crippen LogP contribution in [0.15, 0.2) is 51.4 Å². The van der Waals surface area contributed by atoms with Crippen molar-refractivity contribution in [3.8, 4) is 0 Å². The number of thioether (sulfide) groups is 1. The average molecular weight is 335 g/mol. The zero-order valence-corrected chi connectivity index (χ0v) is 12.8. The predicted octanol–water partition coefficient (Wildman–Crippen LogP) is 3.81. The Morgan fingerprint density at radius 2 is 2.14 bits per heavy atom. The lowest BCUT2D eigenvalue weighted by Crippen LogP contribution is -2.10. The summed E-state index contributed by atoms with van der Waals surface area (Å²) in [5.41, 5.74) is 0.601. The van der Waals surface area contributed by atoms with E-state index in [9.17, 15) is 9.18 Å². The van der Waals surface area contributed by atoms with Crippen molar-refractivity contribution in [1.29, 1.82) is 0 Å². The van der Waals surface area contributed by atoms with Gasteiger partial charge < -0.3 is 4.42 Å². The Kier molecular flexibility index (Phi) is 4.50. The normalized spacial score (nSPS) is 10.6. The fourth-order valence-electron chi connectivity index (χ4n) is 1.64. The van der Waals surface area contributed by atoms with E-state index in [1.165, 1.54) is 35.4 Å². The smallest absolute Gasteiger partial charge is 0.293 e. The lowest BCUT2D eigenvalue weighted by atomic mass is 10.2. The highest BCUT2D eigenvalue weighted by Gasteiger charge is 2.13. The Morgan fingerprint density at radius 3 is 2.91 bits per heavy atom. The van der Waals surface area contributed by atoms with Gasteiger partial charge in [-0.05, 0) is 23.8 Å². The molecule has 0 bridgehead atoms. The third-order valence-corrected chi connectivity index (χ3v) is 4.70. The number of halogens is 1. The molecular formula is C14H10FN3O2S2. The van der Waals surface area contributed by atoms with Crippen LogP contribution in [0.5, 0.6) is 0 Å². The molecule has 0 saturated heterocycles. The molecule has 3 rings (SSSR count). The molecule has 22 heavy (non-hydrogen) atoms. The summed E-state index contributed by atoms with van der Waals surface area (Å²) in [5, 5.41) is 10.8. The van der Waals surface area contributed by atoms with Gasteiger partial charge in [0.05, 0.1) is 6.26 Å². The maximum atomic E-state index is 13.5. The Bertz CT molecular complexity index is 774. The lowest BCUT2D eigenvalue weighted by molar-refractivity contribution is 0.0996. The SMILES string of the molecule is O=C(Nc1nnc(SCc2ccccc2F)s1)c1ccco1. The Balaban J connectivity index is 1.60. The second-order valence-electron chi connectivity index (χ2n) is 4.18. The summed E-state index contributed by atoms with van der Waals surface area (Å²) in [7, 11) is 0. The quantitative estimate of drug-likeness (QED) is 0.567. The van der Waals surface area contributed by atoms with E-state index in [1.54, 1.807) is 30.3 Å². The lowest BCUT2D eigenvalue weighted by Gasteiger charge is -1.99. The number of nitrogens with one attached hydrogen (secondary N) is 1. The zero-order chi connectivity index (χ0) is 15.4. The number of aromatic nitrogens is 2. The molecule has 0 atom stereocenters. The molecule has 2 heterocycles. The fourth-order valence-corrected chi connectivity index (χ4v) is 3.37. The number of benzene rings is 1. The Labute approximate surface area is 133 Å². The molecule has 0 aliphatic rings. The molecule has 3 aromatic rings. The van der Waals surface area contributed by atoms with Gasteiger partial charge in [-0.25, -0.2) is 4.39 Å². The maximum absolute atomic E-state index is 13.5. The molecule has 0 fully saturated rings. The van der Waals surface area contributed by atoms with Crippen LogP contribution in [-0.2, 0) is 5.75 Å². The molecule has 112 valence electrons. The first-order valence-corrected chi connectivity index (χ1v) is 8.07. The van der Waals surface area contributed by atoms with Crippen LogP contribution in [0.4, 0.5) is 9.52 Å². The summed E-state index contributed by atoms with van der Waals surface area (Å²) in [6.45, 7) is 0. The van der Waals surface area contributed by atoms with Crippen LogP contribution in [0.25, 0.3) is 0 Å². The molecular weight excluding hydrogens is 325 g/mol. The number of carbonyl (C=O) groups is 1. The summed E-state index contributed by atoms with van der Waals surface area (Å²) >= 11 is 2.59. The topological polar surface area (TPSA) is 68.0 Å². The number of hydrogen-bond acceptors (Lipinski definition) is 6. The zero-order valence-electron chi connectivity index (χ0n) is 11.2. The summed E-state index contributed by atoms with van der Waals surface area (Å²) in [6, 6.07) is 9.77. The highest BCUT2D eigenvalue weighted by Crippen LogP contribution is 2.29. The fraction of sp³-hybridized carbons (Fsp3) is 0.0714. The van der Waals surface area contributed by atoms with Crippen LogP contribution < -0.4 is 5.32 Å². The van der Waals surface area contributed by atoms with Gasteiger partial charge in [0.2, 0.25) is 5.13 Å². The molecule has 0 radical (unpaired) electrons. The molecule has 0 unspecified atom stereocenters. The van der Waals surface area contributed by atoms with Crippen molar-refractivity contribution in [3.05, 3.63) is 59.8 Å². The van der Waals surface area contributed by atoms with Crippen molar-refractivity contribution < 1.29 is 13.6 Å². The largest absolute Gasteiger partial charge is 0.459 e. The molecule has 0 spiro atoms. The van der Waals surface area contributed by atoms with Crippen molar-refractivity contribution in [2.45, 2.75) is 10.1 Å². The minimum atomic E-state index is -0.383. The van der Waals surface area contributed by atoms with Crippen molar-refractivity contribution in [2.24, 2.45) is 0 Å². The maximum Gasteiger partial charge on any atom is 0.293 e. The predicted molar refractivity (Wildman–Crippen MR) is 82.5 cm³/mol. The molecule has 1 aromatic carbocycles. The minimum Gasteiger partial charge on any atom is -0.459 e. The minimum absolute atomic E-state index is 0.204. The van der Waals surface area contributed by atoms with Crippen LogP contribution in [-0.4, -0.2) is 16.1 Å². The van der Waals surface area contributed by atoms with Crippen molar-refractivity contribution in [1.82, 2.24) is 10.2 Å². The van der Waals surface area contributed by atoms with E-state index in [0.29, 0.717) is 20.8 Å².